The predicted molar refractivity (Wildman–Crippen MR) is 122 cm³/mol. The molecule has 10 nitrogen and oxygen atoms in total. The molecule has 1 saturated heterocycles. The van der Waals surface area contributed by atoms with Gasteiger partial charge in [-0.3, -0.25) is 10.1 Å². The van der Waals surface area contributed by atoms with Gasteiger partial charge < -0.3 is 19.7 Å². The lowest BCUT2D eigenvalue weighted by atomic mass is 9.98. The summed E-state index contributed by atoms with van der Waals surface area (Å²) in [5.41, 5.74) is 0.192. The first-order valence-electron chi connectivity index (χ1n) is 9.68. The van der Waals surface area contributed by atoms with Crippen LogP contribution in [0.15, 0.2) is 52.5 Å². The number of nitrogens with two attached hydrogens (primary N) is 1. The van der Waals surface area contributed by atoms with Crippen LogP contribution < -0.4 is 14.8 Å². The van der Waals surface area contributed by atoms with Crippen molar-refractivity contribution in [2.24, 2.45) is 16.9 Å². The van der Waals surface area contributed by atoms with Gasteiger partial charge in [-0.1, -0.05) is 12.1 Å². The third-order valence-corrected chi connectivity index (χ3v) is 6.22. The van der Waals surface area contributed by atoms with E-state index in [1.807, 2.05) is 4.90 Å². The number of likely N-dealkylation sites (tertiary alicyclic amines) is 1. The van der Waals surface area contributed by atoms with Crippen molar-refractivity contribution in [1.29, 1.82) is 0 Å². The number of aryl methyl sites for hydroxylation is 1. The van der Waals surface area contributed by atoms with Crippen LogP contribution in [0.25, 0.3) is 0 Å². The van der Waals surface area contributed by atoms with Crippen LogP contribution in [0.2, 0.25) is 0 Å². The first-order chi connectivity index (χ1) is 14.8. The van der Waals surface area contributed by atoms with Crippen LogP contribution in [0, 0.1) is 23.0 Å². The highest BCUT2D eigenvalue weighted by molar-refractivity contribution is 7.87. The lowest BCUT2D eigenvalue weighted by molar-refractivity contribution is -0.387. The summed E-state index contributed by atoms with van der Waals surface area (Å²) in [6, 6.07) is 9.83. The lowest BCUT2D eigenvalue weighted by Gasteiger charge is -2.30. The van der Waals surface area contributed by atoms with Crippen molar-refractivity contribution in [1.82, 2.24) is 4.90 Å². The molecule has 0 aliphatic carbocycles. The van der Waals surface area contributed by atoms with Crippen molar-refractivity contribution >= 4 is 34.6 Å². The molecule has 2 aromatic rings. The molecule has 1 fully saturated rings. The summed E-state index contributed by atoms with van der Waals surface area (Å²) in [6.07, 6.45) is 3.47. The van der Waals surface area contributed by atoms with Crippen LogP contribution in [0.1, 0.15) is 18.4 Å². The third kappa shape index (κ3) is 6.47. The van der Waals surface area contributed by atoms with Crippen LogP contribution in [0.4, 0.5) is 5.69 Å². The molecule has 32 heavy (non-hydrogen) atoms. The SMILES string of the molecule is Cc1cc(OCC2CCN(C=NN)CC2)cc(OS(=O)(=O)c2ccccc2[N+](=O)[O-])c1.Cl. The number of piperidine rings is 1. The Hall–Kier alpha value is -3.05. The van der Waals surface area contributed by atoms with Crippen molar-refractivity contribution in [3.05, 3.63) is 58.1 Å². The van der Waals surface area contributed by atoms with E-state index in [1.165, 1.54) is 24.3 Å². The second-order valence-electron chi connectivity index (χ2n) is 7.30. The van der Waals surface area contributed by atoms with E-state index in [2.05, 4.69) is 5.10 Å². The summed E-state index contributed by atoms with van der Waals surface area (Å²) in [4.78, 5) is 12.0. The zero-order chi connectivity index (χ0) is 22.4. The standard InChI is InChI=1S/C20H24N4O6S.ClH/c1-15-10-17(29-13-16-6-8-23(9-7-16)14-22-21)12-18(11-15)30-31(27,28)20-5-3-2-4-19(20)24(25)26;/h2-5,10-12,14,16H,6-9,13,21H2,1H3;1H. The Kier molecular flexibility index (Phi) is 8.67. The smallest absolute Gasteiger partial charge is 0.346 e. The van der Waals surface area contributed by atoms with Crippen LogP contribution in [0.3, 0.4) is 0 Å². The molecular weight excluding hydrogens is 460 g/mol. The summed E-state index contributed by atoms with van der Waals surface area (Å²) in [7, 11) is -4.39. The summed E-state index contributed by atoms with van der Waals surface area (Å²) in [5.74, 6) is 6.03. The largest absolute Gasteiger partial charge is 0.493 e. The van der Waals surface area contributed by atoms with Gasteiger partial charge in [0.05, 0.1) is 11.5 Å². The predicted octanol–water partition coefficient (Wildman–Crippen LogP) is 3.09. The summed E-state index contributed by atoms with van der Waals surface area (Å²) < 4.78 is 36.4. The Morgan fingerprint density at radius 1 is 1.22 bits per heavy atom. The quantitative estimate of drug-likeness (QED) is 0.151. The monoisotopic (exact) mass is 484 g/mol. The van der Waals surface area contributed by atoms with E-state index in [4.69, 9.17) is 14.8 Å². The van der Waals surface area contributed by atoms with E-state index in [0.29, 0.717) is 18.3 Å². The van der Waals surface area contributed by atoms with Crippen LogP contribution in [-0.2, 0) is 10.1 Å². The molecule has 0 bridgehead atoms. The highest BCUT2D eigenvalue weighted by Gasteiger charge is 2.27. The molecule has 1 heterocycles. The minimum absolute atomic E-state index is 0. The van der Waals surface area contributed by atoms with Crippen molar-refractivity contribution in [3.8, 4) is 11.5 Å². The van der Waals surface area contributed by atoms with Gasteiger partial charge >= 0.3 is 10.1 Å². The molecule has 0 spiro atoms. The molecule has 174 valence electrons. The summed E-state index contributed by atoms with van der Waals surface area (Å²) in [6.45, 7) is 3.94. The molecule has 0 atom stereocenters. The lowest BCUT2D eigenvalue weighted by Crippen LogP contribution is -2.34. The third-order valence-electron chi connectivity index (χ3n) is 4.93. The van der Waals surface area contributed by atoms with Gasteiger partial charge in [0, 0.05) is 25.2 Å². The van der Waals surface area contributed by atoms with E-state index in [-0.39, 0.29) is 18.2 Å². The average Bonchev–Trinajstić information content (AvgIpc) is 2.73. The highest BCUT2D eigenvalue weighted by Crippen LogP contribution is 2.30. The number of hydrogen-bond acceptors (Lipinski definition) is 8. The topological polar surface area (TPSA) is 137 Å². The molecule has 1 aliphatic heterocycles. The zero-order valence-electron chi connectivity index (χ0n) is 17.4. The number of nitrogens with zero attached hydrogens (tertiary/aromatic N) is 3. The van der Waals surface area contributed by atoms with E-state index >= 15 is 0 Å². The fraction of sp³-hybridized carbons (Fsp3) is 0.350. The number of para-hydroxylation sites is 1. The molecule has 1 aliphatic rings. The molecule has 2 aromatic carbocycles. The van der Waals surface area contributed by atoms with Gasteiger partial charge in [-0.2, -0.15) is 13.5 Å². The Bertz CT molecular complexity index is 1070. The van der Waals surface area contributed by atoms with Gasteiger partial charge in [-0.25, -0.2) is 0 Å². The van der Waals surface area contributed by atoms with Crippen molar-refractivity contribution in [3.63, 3.8) is 0 Å². The summed E-state index contributed by atoms with van der Waals surface area (Å²) >= 11 is 0. The molecular formula is C20H25ClN4O6S. The number of halogens is 1. The van der Waals surface area contributed by atoms with E-state index in [9.17, 15) is 18.5 Å². The molecule has 0 radical (unpaired) electrons. The van der Waals surface area contributed by atoms with Gasteiger partial charge in [0.15, 0.2) is 4.90 Å². The summed E-state index contributed by atoms with van der Waals surface area (Å²) in [5, 5.41) is 14.7. The molecule has 0 unspecified atom stereocenters. The van der Waals surface area contributed by atoms with E-state index in [1.54, 1.807) is 19.3 Å². The minimum Gasteiger partial charge on any atom is -0.493 e. The molecule has 12 heteroatoms. The van der Waals surface area contributed by atoms with Gasteiger partial charge in [0.25, 0.3) is 5.69 Å². The maximum atomic E-state index is 12.6. The maximum Gasteiger partial charge on any atom is 0.346 e. The van der Waals surface area contributed by atoms with Gasteiger partial charge in [-0.05, 0) is 49.4 Å². The number of nitro groups is 1. The van der Waals surface area contributed by atoms with Crippen LogP contribution in [0.5, 0.6) is 11.5 Å². The van der Waals surface area contributed by atoms with Crippen LogP contribution in [-0.4, -0.2) is 44.3 Å². The fourth-order valence-corrected chi connectivity index (χ4v) is 4.46. The van der Waals surface area contributed by atoms with E-state index < -0.39 is 25.6 Å². The minimum atomic E-state index is -4.39. The highest BCUT2D eigenvalue weighted by atomic mass is 35.5. The Morgan fingerprint density at radius 3 is 2.53 bits per heavy atom. The van der Waals surface area contributed by atoms with E-state index in [0.717, 1.165) is 43.6 Å². The number of benzene rings is 2. The zero-order valence-corrected chi connectivity index (χ0v) is 19.0. The first kappa shape index (κ1) is 25.2. The Labute approximate surface area is 192 Å². The van der Waals surface area contributed by atoms with Gasteiger partial charge in [-0.15, -0.1) is 12.4 Å². The normalized spacial score (nSPS) is 14.7. The number of rotatable bonds is 8. The van der Waals surface area contributed by atoms with Crippen LogP contribution >= 0.6 is 12.4 Å². The molecule has 3 rings (SSSR count). The van der Waals surface area contributed by atoms with Crippen molar-refractivity contribution in [2.75, 3.05) is 19.7 Å². The number of hydrazone groups is 1. The number of hydrogen-bond donors (Lipinski definition) is 1. The maximum absolute atomic E-state index is 12.6. The Balaban J connectivity index is 0.00000363. The molecule has 2 N–H and O–H groups in total. The van der Waals surface area contributed by atoms with Gasteiger partial charge in [0.2, 0.25) is 0 Å². The number of nitro benzene ring substituents is 1. The second-order valence-corrected chi connectivity index (χ2v) is 8.81. The van der Waals surface area contributed by atoms with Gasteiger partial charge in [0.1, 0.15) is 17.8 Å². The van der Waals surface area contributed by atoms with Crippen molar-refractivity contribution < 1.29 is 22.3 Å². The molecule has 0 saturated carbocycles. The number of ether oxygens (including phenoxy) is 1. The van der Waals surface area contributed by atoms with Crippen molar-refractivity contribution in [2.45, 2.75) is 24.7 Å². The Morgan fingerprint density at radius 2 is 1.88 bits per heavy atom. The fourth-order valence-electron chi connectivity index (χ4n) is 3.38. The average molecular weight is 485 g/mol. The molecule has 0 amide bonds. The molecule has 0 aromatic heterocycles. The second kappa shape index (κ2) is 11.0. The first-order valence-corrected chi connectivity index (χ1v) is 11.1.